The first kappa shape index (κ1) is 23.2. The number of amides is 1. The Hall–Kier alpha value is -3.51. The molecule has 178 valence electrons. The Bertz CT molecular complexity index is 1440. The van der Waals surface area contributed by atoms with Gasteiger partial charge in [-0.15, -0.1) is 11.3 Å². The predicted octanol–water partition coefficient (Wildman–Crippen LogP) is 6.83. The number of aryl methyl sites for hydroxylation is 1. The topological polar surface area (TPSA) is 68.3 Å². The summed E-state index contributed by atoms with van der Waals surface area (Å²) < 4.78 is 5.37. The van der Waals surface area contributed by atoms with Crippen molar-refractivity contribution in [3.8, 4) is 11.3 Å². The van der Waals surface area contributed by atoms with Crippen LogP contribution in [-0.2, 0) is 17.6 Å². The summed E-state index contributed by atoms with van der Waals surface area (Å²) in [6.45, 7) is 6.35. The fourth-order valence-corrected chi connectivity index (χ4v) is 6.14. The predicted molar refractivity (Wildman–Crippen MR) is 141 cm³/mol. The van der Waals surface area contributed by atoms with Gasteiger partial charge in [0.2, 0.25) is 0 Å². The number of thiophene rings is 1. The third-order valence-electron chi connectivity index (χ3n) is 6.49. The van der Waals surface area contributed by atoms with Gasteiger partial charge in [0.25, 0.3) is 5.91 Å². The fraction of sp³-hybridized carbons (Fsp3) is 0.276. The van der Waals surface area contributed by atoms with Crippen molar-refractivity contribution in [2.24, 2.45) is 5.92 Å². The number of aromatic nitrogens is 1. The maximum atomic E-state index is 13.7. The lowest BCUT2D eigenvalue weighted by Gasteiger charge is -2.18. The van der Waals surface area contributed by atoms with Gasteiger partial charge in [-0.3, -0.25) is 4.79 Å². The number of carbonyl (C=O) groups is 2. The summed E-state index contributed by atoms with van der Waals surface area (Å²) in [4.78, 5) is 32.6. The average molecular weight is 485 g/mol. The highest BCUT2D eigenvalue weighted by molar-refractivity contribution is 7.17. The highest BCUT2D eigenvalue weighted by Gasteiger charge is 2.29. The lowest BCUT2D eigenvalue weighted by Crippen LogP contribution is -2.17. The molecular formula is C29H28N2O3S. The SMILES string of the molecule is CCOC(=O)c1c(NC(=O)c2cc(-c3cccc(C)c3)nc3ccccc23)sc2c1CC[C@H](C)C2. The van der Waals surface area contributed by atoms with Crippen LogP contribution in [0.5, 0.6) is 0 Å². The van der Waals surface area contributed by atoms with Crippen LogP contribution in [0.1, 0.15) is 57.0 Å². The smallest absolute Gasteiger partial charge is 0.341 e. The van der Waals surface area contributed by atoms with Gasteiger partial charge < -0.3 is 10.1 Å². The van der Waals surface area contributed by atoms with Crippen LogP contribution >= 0.6 is 11.3 Å². The summed E-state index contributed by atoms with van der Waals surface area (Å²) in [5, 5.41) is 4.42. The number of esters is 1. The molecule has 1 aliphatic rings. The van der Waals surface area contributed by atoms with Crippen molar-refractivity contribution < 1.29 is 14.3 Å². The minimum Gasteiger partial charge on any atom is -0.462 e. The molecule has 1 amide bonds. The molecule has 0 aliphatic heterocycles. The van der Waals surface area contributed by atoms with Crippen molar-refractivity contribution >= 4 is 39.1 Å². The number of fused-ring (bicyclic) bond motifs is 2. The summed E-state index contributed by atoms with van der Waals surface area (Å²) in [5.41, 5.74) is 5.65. The first-order valence-corrected chi connectivity index (χ1v) is 12.9. The van der Waals surface area contributed by atoms with E-state index in [9.17, 15) is 9.59 Å². The molecule has 0 spiro atoms. The molecule has 0 bridgehead atoms. The van der Waals surface area contributed by atoms with Crippen LogP contribution in [0.15, 0.2) is 54.6 Å². The van der Waals surface area contributed by atoms with E-state index in [4.69, 9.17) is 9.72 Å². The Labute approximate surface area is 209 Å². The molecular weight excluding hydrogens is 456 g/mol. The highest BCUT2D eigenvalue weighted by Crippen LogP contribution is 2.40. The number of benzene rings is 2. The molecule has 2 aromatic carbocycles. The fourth-order valence-electron chi connectivity index (χ4n) is 4.74. The van der Waals surface area contributed by atoms with Gasteiger partial charge in [0.05, 0.1) is 28.9 Å². The Kier molecular flexibility index (Phi) is 6.39. The summed E-state index contributed by atoms with van der Waals surface area (Å²) in [6.07, 6.45) is 2.77. The van der Waals surface area contributed by atoms with E-state index in [2.05, 4.69) is 18.3 Å². The van der Waals surface area contributed by atoms with Crippen molar-refractivity contribution in [3.63, 3.8) is 0 Å². The molecule has 0 radical (unpaired) electrons. The molecule has 0 fully saturated rings. The van der Waals surface area contributed by atoms with E-state index in [0.717, 1.165) is 52.5 Å². The van der Waals surface area contributed by atoms with E-state index in [-0.39, 0.29) is 11.9 Å². The first-order chi connectivity index (χ1) is 16.9. The second-order valence-electron chi connectivity index (χ2n) is 9.17. The zero-order valence-electron chi connectivity index (χ0n) is 20.2. The normalized spacial score (nSPS) is 15.0. The quantitative estimate of drug-likeness (QED) is 0.315. The number of nitrogens with one attached hydrogen (secondary N) is 1. The van der Waals surface area contributed by atoms with Crippen LogP contribution in [0.25, 0.3) is 22.2 Å². The number of hydrogen-bond acceptors (Lipinski definition) is 5. The molecule has 4 aromatic rings. The molecule has 2 aromatic heterocycles. The van der Waals surface area contributed by atoms with Crippen LogP contribution in [0.4, 0.5) is 5.00 Å². The van der Waals surface area contributed by atoms with Gasteiger partial charge >= 0.3 is 5.97 Å². The Morgan fingerprint density at radius 2 is 1.97 bits per heavy atom. The molecule has 5 rings (SSSR count). The maximum Gasteiger partial charge on any atom is 0.341 e. The van der Waals surface area contributed by atoms with Gasteiger partial charge in [-0.1, -0.05) is 48.9 Å². The van der Waals surface area contributed by atoms with Crippen LogP contribution in [0.3, 0.4) is 0 Å². The zero-order valence-corrected chi connectivity index (χ0v) is 21.0. The minimum absolute atomic E-state index is 0.255. The number of hydrogen-bond donors (Lipinski definition) is 1. The van der Waals surface area contributed by atoms with E-state index >= 15 is 0 Å². The maximum absolute atomic E-state index is 13.7. The summed E-state index contributed by atoms with van der Waals surface area (Å²) in [6, 6.07) is 17.6. The number of anilines is 1. The molecule has 0 unspecified atom stereocenters. The molecule has 1 N–H and O–H groups in total. The highest BCUT2D eigenvalue weighted by atomic mass is 32.1. The molecule has 35 heavy (non-hydrogen) atoms. The first-order valence-electron chi connectivity index (χ1n) is 12.0. The summed E-state index contributed by atoms with van der Waals surface area (Å²) >= 11 is 1.50. The number of para-hydroxylation sites is 1. The Morgan fingerprint density at radius 3 is 2.77 bits per heavy atom. The monoisotopic (exact) mass is 484 g/mol. The third kappa shape index (κ3) is 4.58. The van der Waals surface area contributed by atoms with Crippen LogP contribution in [0.2, 0.25) is 0 Å². The van der Waals surface area contributed by atoms with Crippen LogP contribution in [0, 0.1) is 12.8 Å². The second-order valence-corrected chi connectivity index (χ2v) is 10.3. The van der Waals surface area contributed by atoms with E-state index in [1.807, 2.05) is 55.5 Å². The molecule has 0 saturated carbocycles. The molecule has 0 saturated heterocycles. The van der Waals surface area contributed by atoms with Gasteiger partial charge in [-0.2, -0.15) is 0 Å². The minimum atomic E-state index is -0.366. The molecule has 5 nitrogen and oxygen atoms in total. The van der Waals surface area contributed by atoms with Crippen LogP contribution < -0.4 is 5.32 Å². The lowest BCUT2D eigenvalue weighted by atomic mass is 9.88. The van der Waals surface area contributed by atoms with E-state index in [1.165, 1.54) is 16.2 Å². The van der Waals surface area contributed by atoms with Crippen molar-refractivity contribution in [2.75, 3.05) is 11.9 Å². The van der Waals surface area contributed by atoms with E-state index < -0.39 is 0 Å². The number of rotatable bonds is 5. The number of carbonyl (C=O) groups excluding carboxylic acids is 2. The van der Waals surface area contributed by atoms with Crippen molar-refractivity contribution in [1.29, 1.82) is 0 Å². The van der Waals surface area contributed by atoms with Crippen molar-refractivity contribution in [1.82, 2.24) is 4.98 Å². The Balaban J connectivity index is 1.58. The van der Waals surface area contributed by atoms with Crippen molar-refractivity contribution in [3.05, 3.63) is 81.7 Å². The van der Waals surface area contributed by atoms with Crippen LogP contribution in [-0.4, -0.2) is 23.5 Å². The van der Waals surface area contributed by atoms with Gasteiger partial charge in [0.15, 0.2) is 0 Å². The van der Waals surface area contributed by atoms with Gasteiger partial charge in [0, 0.05) is 15.8 Å². The number of ether oxygens (including phenoxy) is 1. The average Bonchev–Trinajstić information content (AvgIpc) is 3.20. The standard InChI is InChI=1S/C29H28N2O3S/c1-4-34-29(33)26-21-13-12-18(3)15-25(21)35-28(26)31-27(32)22-16-24(19-9-7-8-17(2)14-19)30-23-11-6-5-10-20(22)23/h5-11,14,16,18H,4,12-13,15H2,1-3H3,(H,31,32)/t18-/m0/s1. The Morgan fingerprint density at radius 1 is 1.14 bits per heavy atom. The van der Waals surface area contributed by atoms with Gasteiger partial charge in [-0.05, 0) is 62.8 Å². The number of nitrogens with zero attached hydrogens (tertiary/aromatic N) is 1. The lowest BCUT2D eigenvalue weighted by molar-refractivity contribution is 0.0526. The molecule has 1 aliphatic carbocycles. The van der Waals surface area contributed by atoms with E-state index in [0.29, 0.717) is 28.7 Å². The molecule has 1 atom stereocenters. The molecule has 6 heteroatoms. The van der Waals surface area contributed by atoms with E-state index in [1.54, 1.807) is 6.92 Å². The third-order valence-corrected chi connectivity index (χ3v) is 7.66. The second kappa shape index (κ2) is 9.62. The zero-order chi connectivity index (χ0) is 24.5. The largest absolute Gasteiger partial charge is 0.462 e. The van der Waals surface area contributed by atoms with Gasteiger partial charge in [0.1, 0.15) is 5.00 Å². The van der Waals surface area contributed by atoms with Gasteiger partial charge in [-0.25, -0.2) is 9.78 Å². The summed E-state index contributed by atoms with van der Waals surface area (Å²) in [7, 11) is 0. The summed E-state index contributed by atoms with van der Waals surface area (Å²) in [5.74, 6) is -0.0645. The van der Waals surface area contributed by atoms with Crippen molar-refractivity contribution in [2.45, 2.75) is 40.0 Å². The number of pyridine rings is 1. The molecule has 2 heterocycles.